The Morgan fingerprint density at radius 3 is 2.67 bits per heavy atom. The Morgan fingerprint density at radius 1 is 1.29 bits per heavy atom. The molecule has 1 heterocycles. The van der Waals surface area contributed by atoms with Crippen LogP contribution in [-0.2, 0) is 16.1 Å². The SMILES string of the molecule is COc1cccc2c1ccn2CCC(=O)NC(CC(C)C)C(=O)O. The molecule has 0 aliphatic carbocycles. The van der Waals surface area contributed by atoms with Crippen molar-refractivity contribution >= 4 is 22.8 Å². The van der Waals surface area contributed by atoms with Gasteiger partial charge in [0.1, 0.15) is 11.8 Å². The molecule has 6 nitrogen and oxygen atoms in total. The zero-order chi connectivity index (χ0) is 17.7. The van der Waals surface area contributed by atoms with Crippen molar-refractivity contribution in [2.24, 2.45) is 5.92 Å². The minimum absolute atomic E-state index is 0.201. The number of fused-ring (bicyclic) bond motifs is 1. The van der Waals surface area contributed by atoms with Gasteiger partial charge in [-0.3, -0.25) is 4.79 Å². The average molecular weight is 332 g/mol. The molecule has 2 rings (SSSR count). The normalized spacial score (nSPS) is 12.3. The van der Waals surface area contributed by atoms with Gasteiger partial charge in [-0.2, -0.15) is 0 Å². The molecule has 1 aromatic carbocycles. The largest absolute Gasteiger partial charge is 0.496 e. The number of aromatic nitrogens is 1. The molecular weight excluding hydrogens is 308 g/mol. The molecule has 1 amide bonds. The third-order valence-electron chi connectivity index (χ3n) is 3.91. The van der Waals surface area contributed by atoms with Gasteiger partial charge in [-0.15, -0.1) is 0 Å². The molecule has 1 aromatic heterocycles. The van der Waals surface area contributed by atoms with Gasteiger partial charge in [0.05, 0.1) is 12.6 Å². The van der Waals surface area contributed by atoms with E-state index >= 15 is 0 Å². The first-order chi connectivity index (χ1) is 11.4. The minimum atomic E-state index is -0.992. The first kappa shape index (κ1) is 17.8. The maximum atomic E-state index is 12.1. The van der Waals surface area contributed by atoms with Crippen LogP contribution < -0.4 is 10.1 Å². The standard InChI is InChI=1S/C18H24N2O4/c1-12(2)11-14(18(22)23)19-17(21)8-10-20-9-7-13-15(20)5-4-6-16(13)24-3/h4-7,9,12,14H,8,10-11H2,1-3H3,(H,19,21)(H,22,23). The Hall–Kier alpha value is -2.50. The Labute approximate surface area is 141 Å². The number of methoxy groups -OCH3 is 1. The molecule has 0 fully saturated rings. The highest BCUT2D eigenvalue weighted by molar-refractivity contribution is 5.87. The number of nitrogens with one attached hydrogen (secondary N) is 1. The number of hydrogen-bond donors (Lipinski definition) is 2. The molecule has 0 bridgehead atoms. The summed E-state index contributed by atoms with van der Waals surface area (Å²) >= 11 is 0. The highest BCUT2D eigenvalue weighted by atomic mass is 16.5. The number of ether oxygens (including phenoxy) is 1. The van der Waals surface area contributed by atoms with Crippen LogP contribution in [0, 0.1) is 5.92 Å². The summed E-state index contributed by atoms with van der Waals surface area (Å²) in [5.74, 6) is -0.258. The number of carboxylic acids is 1. The molecule has 0 spiro atoms. The van der Waals surface area contributed by atoms with Crippen molar-refractivity contribution in [1.29, 1.82) is 0 Å². The van der Waals surface area contributed by atoms with E-state index < -0.39 is 12.0 Å². The molecule has 0 aliphatic heterocycles. The second kappa shape index (κ2) is 7.86. The summed E-state index contributed by atoms with van der Waals surface area (Å²) in [6, 6.07) is 6.88. The first-order valence-corrected chi connectivity index (χ1v) is 8.06. The number of carboxylic acid groups (broad SMARTS) is 1. The number of benzene rings is 1. The monoisotopic (exact) mass is 332 g/mol. The van der Waals surface area contributed by atoms with Gasteiger partial charge in [-0.25, -0.2) is 4.79 Å². The maximum Gasteiger partial charge on any atom is 0.326 e. The fraction of sp³-hybridized carbons (Fsp3) is 0.444. The summed E-state index contributed by atoms with van der Waals surface area (Å²) in [5, 5.41) is 12.8. The molecule has 0 aliphatic rings. The van der Waals surface area contributed by atoms with Crippen molar-refractivity contribution in [3.63, 3.8) is 0 Å². The average Bonchev–Trinajstić information content (AvgIpc) is 2.95. The van der Waals surface area contributed by atoms with Crippen LogP contribution in [0.1, 0.15) is 26.7 Å². The first-order valence-electron chi connectivity index (χ1n) is 8.06. The fourth-order valence-electron chi connectivity index (χ4n) is 2.75. The lowest BCUT2D eigenvalue weighted by molar-refractivity contribution is -0.142. The second-order valence-electron chi connectivity index (χ2n) is 6.24. The van der Waals surface area contributed by atoms with Crippen LogP contribution in [0.15, 0.2) is 30.5 Å². The molecule has 0 saturated carbocycles. The second-order valence-corrected chi connectivity index (χ2v) is 6.24. The number of amides is 1. The third kappa shape index (κ3) is 4.28. The topological polar surface area (TPSA) is 80.6 Å². The van der Waals surface area contributed by atoms with Crippen LogP contribution in [0.2, 0.25) is 0 Å². The number of nitrogens with zero attached hydrogens (tertiary/aromatic N) is 1. The lowest BCUT2D eigenvalue weighted by Gasteiger charge is -2.16. The highest BCUT2D eigenvalue weighted by Gasteiger charge is 2.20. The summed E-state index contributed by atoms with van der Waals surface area (Å²) in [5.41, 5.74) is 0.985. The Balaban J connectivity index is 2.00. The Morgan fingerprint density at radius 2 is 2.04 bits per heavy atom. The van der Waals surface area contributed by atoms with Gasteiger partial charge < -0.3 is 19.7 Å². The van der Waals surface area contributed by atoms with Crippen molar-refractivity contribution in [2.75, 3.05) is 7.11 Å². The lowest BCUT2D eigenvalue weighted by atomic mass is 10.0. The molecule has 6 heteroatoms. The quantitative estimate of drug-likeness (QED) is 0.779. The molecule has 1 atom stereocenters. The zero-order valence-corrected chi connectivity index (χ0v) is 14.3. The number of aryl methyl sites for hydroxylation is 1. The number of aliphatic carboxylic acids is 1. The van der Waals surface area contributed by atoms with Gasteiger partial charge in [0.15, 0.2) is 0 Å². The predicted octanol–water partition coefficient (Wildman–Crippen LogP) is 2.66. The van der Waals surface area contributed by atoms with E-state index in [0.29, 0.717) is 13.0 Å². The van der Waals surface area contributed by atoms with Gasteiger partial charge in [-0.1, -0.05) is 19.9 Å². The van der Waals surface area contributed by atoms with Gasteiger partial charge >= 0.3 is 5.97 Å². The van der Waals surface area contributed by atoms with E-state index in [2.05, 4.69) is 5.32 Å². The smallest absolute Gasteiger partial charge is 0.326 e. The van der Waals surface area contributed by atoms with Crippen molar-refractivity contribution in [3.8, 4) is 5.75 Å². The number of carbonyl (C=O) groups is 2. The highest BCUT2D eigenvalue weighted by Crippen LogP contribution is 2.26. The molecular formula is C18H24N2O4. The van der Waals surface area contributed by atoms with E-state index in [1.807, 2.05) is 48.9 Å². The summed E-state index contributed by atoms with van der Waals surface area (Å²) < 4.78 is 7.29. The van der Waals surface area contributed by atoms with Crippen LogP contribution in [0.4, 0.5) is 0 Å². The molecule has 2 N–H and O–H groups in total. The van der Waals surface area contributed by atoms with E-state index in [9.17, 15) is 14.7 Å². The van der Waals surface area contributed by atoms with E-state index in [1.165, 1.54) is 0 Å². The van der Waals surface area contributed by atoms with Gasteiger partial charge in [-0.05, 0) is 30.5 Å². The molecule has 130 valence electrons. The van der Waals surface area contributed by atoms with Crippen LogP contribution in [0.3, 0.4) is 0 Å². The van der Waals surface area contributed by atoms with Crippen molar-refractivity contribution < 1.29 is 19.4 Å². The Bertz CT molecular complexity index is 721. The number of carbonyl (C=O) groups excluding carboxylic acids is 1. The van der Waals surface area contributed by atoms with Crippen LogP contribution >= 0.6 is 0 Å². The summed E-state index contributed by atoms with van der Waals surface area (Å²) in [4.78, 5) is 23.3. The van der Waals surface area contributed by atoms with Crippen molar-refractivity contribution in [3.05, 3.63) is 30.5 Å². The summed E-state index contributed by atoms with van der Waals surface area (Å²) in [6.07, 6.45) is 2.55. The molecule has 2 aromatic rings. The fourth-order valence-corrected chi connectivity index (χ4v) is 2.75. The zero-order valence-electron chi connectivity index (χ0n) is 14.3. The molecule has 24 heavy (non-hydrogen) atoms. The van der Waals surface area contributed by atoms with Crippen LogP contribution in [0.5, 0.6) is 5.75 Å². The minimum Gasteiger partial charge on any atom is -0.496 e. The predicted molar refractivity (Wildman–Crippen MR) is 92.1 cm³/mol. The summed E-state index contributed by atoms with van der Waals surface area (Å²) in [6.45, 7) is 4.35. The van der Waals surface area contributed by atoms with Crippen molar-refractivity contribution in [2.45, 2.75) is 39.3 Å². The maximum absolute atomic E-state index is 12.1. The van der Waals surface area contributed by atoms with Crippen LogP contribution in [-0.4, -0.2) is 34.7 Å². The Kier molecular flexibility index (Phi) is 5.84. The lowest BCUT2D eigenvalue weighted by Crippen LogP contribution is -2.41. The summed E-state index contributed by atoms with van der Waals surface area (Å²) in [7, 11) is 1.63. The van der Waals surface area contributed by atoms with Crippen molar-refractivity contribution in [1.82, 2.24) is 9.88 Å². The molecule has 0 saturated heterocycles. The van der Waals surface area contributed by atoms with Gasteiger partial charge in [0.25, 0.3) is 0 Å². The van der Waals surface area contributed by atoms with Gasteiger partial charge in [0, 0.05) is 24.5 Å². The van der Waals surface area contributed by atoms with E-state index in [0.717, 1.165) is 16.7 Å². The molecule has 0 radical (unpaired) electrons. The van der Waals surface area contributed by atoms with E-state index in [4.69, 9.17) is 4.74 Å². The van der Waals surface area contributed by atoms with Crippen LogP contribution in [0.25, 0.3) is 10.9 Å². The third-order valence-corrected chi connectivity index (χ3v) is 3.91. The molecule has 1 unspecified atom stereocenters. The van der Waals surface area contributed by atoms with E-state index in [1.54, 1.807) is 7.11 Å². The van der Waals surface area contributed by atoms with Gasteiger partial charge in [0.2, 0.25) is 5.91 Å². The number of hydrogen-bond acceptors (Lipinski definition) is 3. The number of rotatable bonds is 8. The van der Waals surface area contributed by atoms with E-state index in [-0.39, 0.29) is 18.2 Å².